The van der Waals surface area contributed by atoms with Gasteiger partial charge in [0.05, 0.1) is 0 Å². The summed E-state index contributed by atoms with van der Waals surface area (Å²) >= 11 is 0. The molecule has 2 nitrogen and oxygen atoms in total. The highest BCUT2D eigenvalue weighted by Gasteiger charge is 2.22. The average Bonchev–Trinajstić information content (AvgIpc) is 3.23. The summed E-state index contributed by atoms with van der Waals surface area (Å²) < 4.78 is 0. The molecule has 0 spiro atoms. The largest absolute Gasteiger partial charge is 0.329 e. The molecule has 2 heteroatoms. The van der Waals surface area contributed by atoms with Crippen LogP contribution in [0.1, 0.15) is 24.4 Å². The van der Waals surface area contributed by atoms with E-state index in [1.807, 2.05) is 0 Å². The van der Waals surface area contributed by atoms with Crippen molar-refractivity contribution in [2.45, 2.75) is 18.9 Å². The number of hydrogen-bond acceptors (Lipinski definition) is 2. The minimum absolute atomic E-state index is 0.287. The minimum Gasteiger partial charge on any atom is -0.329 e. The predicted molar refractivity (Wildman–Crippen MR) is 76.5 cm³/mol. The van der Waals surface area contributed by atoms with Gasteiger partial charge in [-0.3, -0.25) is 0 Å². The molecule has 0 amide bonds. The van der Waals surface area contributed by atoms with Gasteiger partial charge in [-0.05, 0) is 47.7 Å². The first-order valence-corrected chi connectivity index (χ1v) is 6.79. The van der Waals surface area contributed by atoms with Gasteiger partial charge < -0.3 is 11.1 Å². The monoisotopic (exact) mass is 240 g/mol. The lowest BCUT2D eigenvalue weighted by Crippen LogP contribution is -2.29. The van der Waals surface area contributed by atoms with Crippen molar-refractivity contribution in [3.63, 3.8) is 0 Å². The summed E-state index contributed by atoms with van der Waals surface area (Å²) in [7, 11) is 0. The van der Waals surface area contributed by atoms with Gasteiger partial charge in [-0.1, -0.05) is 36.4 Å². The summed E-state index contributed by atoms with van der Waals surface area (Å²) in [4.78, 5) is 0. The molecule has 1 saturated carbocycles. The third-order valence-corrected chi connectivity index (χ3v) is 3.76. The molecule has 2 aromatic carbocycles. The zero-order valence-electron chi connectivity index (χ0n) is 10.6. The van der Waals surface area contributed by atoms with E-state index in [-0.39, 0.29) is 6.04 Å². The fraction of sp³-hybridized carbons (Fsp3) is 0.375. The first kappa shape index (κ1) is 11.7. The Labute approximate surface area is 108 Å². The highest BCUT2D eigenvalue weighted by Crippen LogP contribution is 2.28. The topological polar surface area (TPSA) is 38.0 Å². The zero-order chi connectivity index (χ0) is 12.4. The van der Waals surface area contributed by atoms with E-state index in [0.717, 1.165) is 12.5 Å². The molecule has 1 fully saturated rings. The molecule has 18 heavy (non-hydrogen) atoms. The second-order valence-corrected chi connectivity index (χ2v) is 5.25. The number of nitrogens with one attached hydrogen (secondary N) is 1. The fourth-order valence-corrected chi connectivity index (χ4v) is 2.39. The Bertz CT molecular complexity index is 531. The molecule has 0 aromatic heterocycles. The number of fused-ring (bicyclic) bond motifs is 1. The molecule has 3 rings (SSSR count). The maximum atomic E-state index is 5.89. The highest BCUT2D eigenvalue weighted by atomic mass is 14.9. The van der Waals surface area contributed by atoms with Crippen LogP contribution in [-0.4, -0.2) is 13.1 Å². The summed E-state index contributed by atoms with van der Waals surface area (Å²) in [5.41, 5.74) is 7.20. The van der Waals surface area contributed by atoms with E-state index < -0.39 is 0 Å². The molecule has 0 aliphatic heterocycles. The van der Waals surface area contributed by atoms with E-state index >= 15 is 0 Å². The number of rotatable bonds is 5. The zero-order valence-corrected chi connectivity index (χ0v) is 10.6. The smallest absolute Gasteiger partial charge is 0.0444 e. The lowest BCUT2D eigenvalue weighted by molar-refractivity contribution is 0.522. The lowest BCUT2D eigenvalue weighted by Gasteiger charge is -2.17. The summed E-state index contributed by atoms with van der Waals surface area (Å²) in [6.07, 6.45) is 2.75. The third kappa shape index (κ3) is 2.55. The summed E-state index contributed by atoms with van der Waals surface area (Å²) in [5.74, 6) is 0.888. The lowest BCUT2D eigenvalue weighted by atomic mass is 10.0. The van der Waals surface area contributed by atoms with Gasteiger partial charge in [0.25, 0.3) is 0 Å². The minimum atomic E-state index is 0.287. The molecule has 1 aliphatic rings. The van der Waals surface area contributed by atoms with Crippen LogP contribution in [-0.2, 0) is 0 Å². The van der Waals surface area contributed by atoms with Crippen LogP contribution in [0.4, 0.5) is 0 Å². The molecule has 3 N–H and O–H groups in total. The first-order valence-electron chi connectivity index (χ1n) is 6.79. The second-order valence-electron chi connectivity index (χ2n) is 5.25. The van der Waals surface area contributed by atoms with Crippen molar-refractivity contribution in [3.05, 3.63) is 48.0 Å². The van der Waals surface area contributed by atoms with E-state index in [0.29, 0.717) is 6.54 Å². The van der Waals surface area contributed by atoms with Crippen LogP contribution < -0.4 is 11.1 Å². The van der Waals surface area contributed by atoms with Crippen molar-refractivity contribution in [3.8, 4) is 0 Å². The standard InChI is InChI=1S/C16H20N2/c17-10-16(18-11-12-5-6-12)15-8-7-13-3-1-2-4-14(13)9-15/h1-4,7-9,12,16,18H,5-6,10-11,17H2. The van der Waals surface area contributed by atoms with Crippen LogP contribution >= 0.6 is 0 Å². The highest BCUT2D eigenvalue weighted by molar-refractivity contribution is 5.83. The van der Waals surface area contributed by atoms with Crippen molar-refractivity contribution in [2.75, 3.05) is 13.1 Å². The molecular formula is C16H20N2. The van der Waals surface area contributed by atoms with E-state index in [4.69, 9.17) is 5.73 Å². The van der Waals surface area contributed by atoms with Crippen LogP contribution in [0.25, 0.3) is 10.8 Å². The van der Waals surface area contributed by atoms with Crippen molar-refractivity contribution in [2.24, 2.45) is 11.7 Å². The van der Waals surface area contributed by atoms with E-state index in [9.17, 15) is 0 Å². The van der Waals surface area contributed by atoms with Gasteiger partial charge in [0, 0.05) is 12.6 Å². The summed E-state index contributed by atoms with van der Waals surface area (Å²) in [5, 5.41) is 6.17. The summed E-state index contributed by atoms with van der Waals surface area (Å²) in [6, 6.07) is 15.4. The number of nitrogens with two attached hydrogens (primary N) is 1. The first-order chi connectivity index (χ1) is 8.86. The van der Waals surface area contributed by atoms with E-state index in [2.05, 4.69) is 47.8 Å². The van der Waals surface area contributed by atoms with Gasteiger partial charge in [-0.25, -0.2) is 0 Å². The Balaban J connectivity index is 1.81. The van der Waals surface area contributed by atoms with Crippen LogP contribution in [0.3, 0.4) is 0 Å². The Morgan fingerprint density at radius 3 is 2.61 bits per heavy atom. The Kier molecular flexibility index (Phi) is 3.31. The molecule has 0 radical (unpaired) electrons. The van der Waals surface area contributed by atoms with E-state index in [1.54, 1.807) is 0 Å². The predicted octanol–water partition coefficient (Wildman–Crippen LogP) is 2.84. The maximum Gasteiger partial charge on any atom is 0.0444 e. The fourth-order valence-electron chi connectivity index (χ4n) is 2.39. The molecule has 0 bridgehead atoms. The van der Waals surface area contributed by atoms with Gasteiger partial charge >= 0.3 is 0 Å². The van der Waals surface area contributed by atoms with Crippen LogP contribution in [0.5, 0.6) is 0 Å². The number of hydrogen-bond donors (Lipinski definition) is 2. The SMILES string of the molecule is NCC(NCC1CC1)c1ccc2ccccc2c1. The third-order valence-electron chi connectivity index (χ3n) is 3.76. The number of benzene rings is 2. The van der Waals surface area contributed by atoms with Gasteiger partial charge in [0.1, 0.15) is 0 Å². The summed E-state index contributed by atoms with van der Waals surface area (Å²) in [6.45, 7) is 1.76. The van der Waals surface area contributed by atoms with Crippen LogP contribution in [0.2, 0.25) is 0 Å². The van der Waals surface area contributed by atoms with Crippen molar-refractivity contribution >= 4 is 10.8 Å². The molecule has 1 atom stereocenters. The molecule has 1 unspecified atom stereocenters. The molecule has 1 aliphatic carbocycles. The van der Waals surface area contributed by atoms with Gasteiger partial charge in [-0.15, -0.1) is 0 Å². The van der Waals surface area contributed by atoms with Crippen LogP contribution in [0, 0.1) is 5.92 Å². The normalized spacial score (nSPS) is 16.9. The Morgan fingerprint density at radius 1 is 1.11 bits per heavy atom. The Hall–Kier alpha value is -1.38. The molecular weight excluding hydrogens is 220 g/mol. The Morgan fingerprint density at radius 2 is 1.89 bits per heavy atom. The molecule has 0 saturated heterocycles. The molecule has 2 aromatic rings. The second kappa shape index (κ2) is 5.09. The molecule has 0 heterocycles. The van der Waals surface area contributed by atoms with E-state index in [1.165, 1.54) is 29.2 Å². The van der Waals surface area contributed by atoms with Gasteiger partial charge in [0.15, 0.2) is 0 Å². The maximum absolute atomic E-state index is 5.89. The quantitative estimate of drug-likeness (QED) is 0.843. The van der Waals surface area contributed by atoms with Crippen LogP contribution in [0.15, 0.2) is 42.5 Å². The van der Waals surface area contributed by atoms with Crippen molar-refractivity contribution in [1.82, 2.24) is 5.32 Å². The van der Waals surface area contributed by atoms with Crippen molar-refractivity contribution < 1.29 is 0 Å². The van der Waals surface area contributed by atoms with Crippen molar-refractivity contribution in [1.29, 1.82) is 0 Å². The average molecular weight is 240 g/mol. The van der Waals surface area contributed by atoms with Gasteiger partial charge in [0.2, 0.25) is 0 Å². The van der Waals surface area contributed by atoms with Gasteiger partial charge in [-0.2, -0.15) is 0 Å². The molecule has 94 valence electrons.